The van der Waals surface area contributed by atoms with Crippen molar-refractivity contribution in [2.45, 2.75) is 6.04 Å². The van der Waals surface area contributed by atoms with Gasteiger partial charge in [-0.1, -0.05) is 65.8 Å². The average molecular weight is 290 g/mol. The summed E-state index contributed by atoms with van der Waals surface area (Å²) in [6.07, 6.45) is 0. The van der Waals surface area contributed by atoms with E-state index in [0.29, 0.717) is 11.5 Å². The molecule has 4 rings (SSSR count). The number of carbonyl (C=O) groups is 1. The second-order valence-corrected chi connectivity index (χ2v) is 5.37. The van der Waals surface area contributed by atoms with E-state index in [2.05, 4.69) is 5.16 Å². The average Bonchev–Trinajstić information content (AvgIpc) is 3.10. The van der Waals surface area contributed by atoms with E-state index in [0.717, 1.165) is 16.7 Å². The normalized spacial score (nSPS) is 16.9. The molecule has 1 unspecified atom stereocenters. The Labute approximate surface area is 128 Å². The third-order valence-corrected chi connectivity index (χ3v) is 4.06. The van der Waals surface area contributed by atoms with Crippen LogP contribution >= 0.6 is 0 Å². The van der Waals surface area contributed by atoms with E-state index < -0.39 is 0 Å². The van der Waals surface area contributed by atoms with Crippen LogP contribution in [0.2, 0.25) is 0 Å². The summed E-state index contributed by atoms with van der Waals surface area (Å²) in [7, 11) is 1.80. The smallest absolute Gasteiger partial charge is 0.276 e. The fourth-order valence-corrected chi connectivity index (χ4v) is 3.01. The molecule has 1 aliphatic heterocycles. The van der Waals surface area contributed by atoms with Crippen LogP contribution in [0.15, 0.2) is 65.2 Å². The number of hydrogen-bond acceptors (Lipinski definition) is 3. The van der Waals surface area contributed by atoms with Crippen molar-refractivity contribution >= 4 is 5.91 Å². The van der Waals surface area contributed by atoms with Crippen molar-refractivity contribution in [2.24, 2.45) is 0 Å². The monoisotopic (exact) mass is 290 g/mol. The Bertz CT molecular complexity index is 825. The van der Waals surface area contributed by atoms with E-state index in [1.165, 1.54) is 0 Å². The largest absolute Gasteiger partial charge is 0.355 e. The van der Waals surface area contributed by atoms with Crippen LogP contribution < -0.4 is 0 Å². The Morgan fingerprint density at radius 1 is 1.00 bits per heavy atom. The summed E-state index contributed by atoms with van der Waals surface area (Å²) in [6, 6.07) is 19.6. The van der Waals surface area contributed by atoms with Gasteiger partial charge in [-0.25, -0.2) is 0 Å². The van der Waals surface area contributed by atoms with E-state index in [-0.39, 0.29) is 11.9 Å². The first-order valence-electron chi connectivity index (χ1n) is 7.14. The van der Waals surface area contributed by atoms with Gasteiger partial charge in [0.1, 0.15) is 0 Å². The molecule has 0 fully saturated rings. The van der Waals surface area contributed by atoms with Crippen LogP contribution in [-0.4, -0.2) is 23.0 Å². The Morgan fingerprint density at radius 2 is 1.64 bits per heavy atom. The maximum atomic E-state index is 12.4. The molecule has 0 saturated carbocycles. The molecule has 3 aromatic rings. The summed E-state index contributed by atoms with van der Waals surface area (Å²) in [6.45, 7) is 0. The minimum atomic E-state index is -0.162. The van der Waals surface area contributed by atoms with Crippen LogP contribution in [0.25, 0.3) is 11.3 Å². The molecule has 1 atom stereocenters. The van der Waals surface area contributed by atoms with Gasteiger partial charge < -0.3 is 9.42 Å². The third kappa shape index (κ3) is 1.77. The summed E-state index contributed by atoms with van der Waals surface area (Å²) in [4.78, 5) is 14.1. The van der Waals surface area contributed by atoms with Crippen molar-refractivity contribution in [3.05, 3.63) is 77.5 Å². The standard InChI is InChI=1S/C18H14N2O2/c1-20-16(12-8-4-2-5-9-12)14-15(18(20)21)19-22-17(14)13-10-6-3-7-11-13/h2-11,16H,1H3. The number of nitrogens with zero attached hydrogens (tertiary/aromatic N) is 2. The lowest BCUT2D eigenvalue weighted by Crippen LogP contribution is -2.24. The summed E-state index contributed by atoms with van der Waals surface area (Å²) in [5, 5.41) is 4.01. The van der Waals surface area contributed by atoms with Crippen molar-refractivity contribution < 1.29 is 9.32 Å². The molecule has 2 heterocycles. The van der Waals surface area contributed by atoms with Gasteiger partial charge in [0.15, 0.2) is 11.5 Å². The summed E-state index contributed by atoms with van der Waals surface area (Å²) in [5.41, 5.74) is 3.25. The quantitative estimate of drug-likeness (QED) is 0.725. The topological polar surface area (TPSA) is 46.3 Å². The van der Waals surface area contributed by atoms with E-state index in [1.807, 2.05) is 60.7 Å². The molecule has 1 aliphatic rings. The Morgan fingerprint density at radius 3 is 2.32 bits per heavy atom. The number of benzene rings is 2. The molecule has 0 saturated heterocycles. The van der Waals surface area contributed by atoms with Crippen molar-refractivity contribution in [1.29, 1.82) is 0 Å². The zero-order valence-electron chi connectivity index (χ0n) is 12.1. The van der Waals surface area contributed by atoms with E-state index >= 15 is 0 Å². The number of aromatic nitrogens is 1. The fraction of sp³-hybridized carbons (Fsp3) is 0.111. The summed E-state index contributed by atoms with van der Waals surface area (Å²) < 4.78 is 5.50. The first-order chi connectivity index (χ1) is 10.8. The maximum absolute atomic E-state index is 12.4. The van der Waals surface area contributed by atoms with E-state index in [4.69, 9.17) is 4.52 Å². The van der Waals surface area contributed by atoms with Crippen LogP contribution in [-0.2, 0) is 0 Å². The highest BCUT2D eigenvalue weighted by atomic mass is 16.5. The van der Waals surface area contributed by atoms with Crippen molar-refractivity contribution in [3.63, 3.8) is 0 Å². The number of hydrogen-bond donors (Lipinski definition) is 0. The van der Waals surface area contributed by atoms with Gasteiger partial charge in [-0.05, 0) is 5.56 Å². The first-order valence-corrected chi connectivity index (χ1v) is 7.14. The molecule has 1 aromatic heterocycles. The number of rotatable bonds is 2. The molecule has 0 bridgehead atoms. The molecule has 22 heavy (non-hydrogen) atoms. The lowest BCUT2D eigenvalue weighted by Gasteiger charge is -2.21. The van der Waals surface area contributed by atoms with Gasteiger partial charge >= 0.3 is 0 Å². The van der Waals surface area contributed by atoms with Crippen LogP contribution in [0.4, 0.5) is 0 Å². The van der Waals surface area contributed by atoms with Crippen molar-refractivity contribution in [1.82, 2.24) is 10.1 Å². The molecule has 2 aromatic carbocycles. The first kappa shape index (κ1) is 12.8. The van der Waals surface area contributed by atoms with Gasteiger partial charge in [0.05, 0.1) is 11.6 Å². The van der Waals surface area contributed by atoms with Crippen LogP contribution in [0.1, 0.15) is 27.7 Å². The van der Waals surface area contributed by atoms with Gasteiger partial charge in [0, 0.05) is 12.6 Å². The third-order valence-electron chi connectivity index (χ3n) is 4.06. The van der Waals surface area contributed by atoms with Crippen LogP contribution in [0.5, 0.6) is 0 Å². The van der Waals surface area contributed by atoms with Gasteiger partial charge in [0.25, 0.3) is 5.91 Å². The molecule has 0 radical (unpaired) electrons. The number of amides is 1. The predicted molar refractivity (Wildman–Crippen MR) is 82.3 cm³/mol. The fourth-order valence-electron chi connectivity index (χ4n) is 3.01. The Hall–Kier alpha value is -2.88. The molecular formula is C18H14N2O2. The van der Waals surface area contributed by atoms with Gasteiger partial charge in [-0.3, -0.25) is 4.79 Å². The SMILES string of the molecule is CN1C(=O)c2noc(-c3ccccc3)c2C1c1ccccc1. The highest BCUT2D eigenvalue weighted by molar-refractivity contribution is 5.99. The molecule has 1 amide bonds. The van der Waals surface area contributed by atoms with Gasteiger partial charge in [0.2, 0.25) is 0 Å². The van der Waals surface area contributed by atoms with Crippen LogP contribution in [0, 0.1) is 0 Å². The zero-order valence-corrected chi connectivity index (χ0v) is 12.1. The molecule has 108 valence electrons. The molecule has 0 spiro atoms. The van der Waals surface area contributed by atoms with E-state index in [9.17, 15) is 4.79 Å². The lowest BCUT2D eigenvalue weighted by atomic mass is 9.97. The van der Waals surface area contributed by atoms with Gasteiger partial charge in [-0.2, -0.15) is 0 Å². The number of carbonyl (C=O) groups excluding carboxylic acids is 1. The van der Waals surface area contributed by atoms with Crippen LogP contribution in [0.3, 0.4) is 0 Å². The van der Waals surface area contributed by atoms with Gasteiger partial charge in [-0.15, -0.1) is 0 Å². The highest BCUT2D eigenvalue weighted by Crippen LogP contribution is 2.42. The second-order valence-electron chi connectivity index (χ2n) is 5.37. The molecule has 0 N–H and O–H groups in total. The summed E-state index contributed by atoms with van der Waals surface area (Å²) >= 11 is 0. The Balaban J connectivity index is 1.92. The van der Waals surface area contributed by atoms with E-state index in [1.54, 1.807) is 11.9 Å². The minimum Gasteiger partial charge on any atom is -0.355 e. The Kier molecular flexibility index (Phi) is 2.82. The maximum Gasteiger partial charge on any atom is 0.276 e. The predicted octanol–water partition coefficient (Wildman–Crippen LogP) is 3.52. The lowest BCUT2D eigenvalue weighted by molar-refractivity contribution is 0.0781. The van der Waals surface area contributed by atoms with Crippen molar-refractivity contribution in [3.8, 4) is 11.3 Å². The molecular weight excluding hydrogens is 276 g/mol. The summed E-state index contributed by atoms with van der Waals surface area (Å²) in [5.74, 6) is 0.567. The zero-order chi connectivity index (χ0) is 15.1. The molecule has 4 heteroatoms. The molecule has 4 nitrogen and oxygen atoms in total. The minimum absolute atomic E-state index is 0.102. The number of fused-ring (bicyclic) bond motifs is 1. The molecule has 0 aliphatic carbocycles. The van der Waals surface area contributed by atoms with Crippen molar-refractivity contribution in [2.75, 3.05) is 7.05 Å². The highest BCUT2D eigenvalue weighted by Gasteiger charge is 2.41. The second kappa shape index (κ2) is 4.84.